The first-order valence-electron chi connectivity index (χ1n) is 4.51. The second-order valence-corrected chi connectivity index (χ2v) is 3.11. The van der Waals surface area contributed by atoms with E-state index in [2.05, 4.69) is 11.9 Å². The predicted molar refractivity (Wildman–Crippen MR) is 53.8 cm³/mol. The lowest BCUT2D eigenvalue weighted by Gasteiger charge is -2.20. The van der Waals surface area contributed by atoms with Gasteiger partial charge in [0.05, 0.1) is 6.10 Å². The fraction of sp³-hybridized carbons (Fsp3) is 0.500. The maximum atomic E-state index is 9.48. The lowest BCUT2D eigenvalue weighted by molar-refractivity contribution is 0.199. The number of aliphatic hydroxyl groups excluding tert-OH is 1. The van der Waals surface area contributed by atoms with Crippen LogP contribution < -0.4 is 4.90 Å². The molecule has 0 spiro atoms. The zero-order valence-electron chi connectivity index (χ0n) is 8.36. The smallest absolute Gasteiger partial charge is 0.134 e. The Morgan fingerprint density at radius 3 is 2.85 bits per heavy atom. The molecule has 1 atom stereocenters. The van der Waals surface area contributed by atoms with Gasteiger partial charge in [0.2, 0.25) is 0 Å². The lowest BCUT2D eigenvalue weighted by Crippen LogP contribution is -2.19. The van der Waals surface area contributed by atoms with E-state index in [1.807, 2.05) is 24.1 Å². The van der Waals surface area contributed by atoms with Gasteiger partial charge in [0, 0.05) is 25.4 Å². The highest BCUT2D eigenvalue weighted by atomic mass is 16.3. The highest BCUT2D eigenvalue weighted by Gasteiger charge is 2.10. The minimum atomic E-state index is -0.460. The number of anilines is 1. The molecule has 0 amide bonds. The summed E-state index contributed by atoms with van der Waals surface area (Å²) < 4.78 is 0. The minimum Gasteiger partial charge on any atom is -0.389 e. The summed E-state index contributed by atoms with van der Waals surface area (Å²) in [6.45, 7) is 4.70. The van der Waals surface area contributed by atoms with Gasteiger partial charge < -0.3 is 10.0 Å². The molecule has 0 aliphatic heterocycles. The number of rotatable bonds is 3. The van der Waals surface area contributed by atoms with Crippen molar-refractivity contribution in [1.82, 2.24) is 4.98 Å². The van der Waals surface area contributed by atoms with Crippen LogP contribution in [0.5, 0.6) is 0 Å². The SMILES string of the molecule is CCN(C)c1ncccc1[C@H](C)O. The Bertz CT molecular complexity index is 273. The minimum absolute atomic E-state index is 0.460. The first kappa shape index (κ1) is 9.99. The van der Waals surface area contributed by atoms with Gasteiger partial charge in [-0.25, -0.2) is 4.98 Å². The number of hydrogen-bond acceptors (Lipinski definition) is 3. The van der Waals surface area contributed by atoms with E-state index in [1.54, 1.807) is 13.1 Å². The fourth-order valence-corrected chi connectivity index (χ4v) is 1.20. The molecule has 1 aromatic heterocycles. The van der Waals surface area contributed by atoms with Gasteiger partial charge in [-0.1, -0.05) is 6.07 Å². The zero-order chi connectivity index (χ0) is 9.84. The molecule has 0 aliphatic rings. The first-order valence-corrected chi connectivity index (χ1v) is 4.51. The molecular weight excluding hydrogens is 164 g/mol. The van der Waals surface area contributed by atoms with Gasteiger partial charge in [0.1, 0.15) is 5.82 Å². The van der Waals surface area contributed by atoms with Crippen LogP contribution >= 0.6 is 0 Å². The van der Waals surface area contributed by atoms with Crippen LogP contribution in [0.3, 0.4) is 0 Å². The number of pyridine rings is 1. The molecule has 0 aromatic carbocycles. The maximum absolute atomic E-state index is 9.48. The van der Waals surface area contributed by atoms with E-state index in [0.29, 0.717) is 0 Å². The quantitative estimate of drug-likeness (QED) is 0.767. The van der Waals surface area contributed by atoms with Gasteiger partial charge in [-0.3, -0.25) is 0 Å². The van der Waals surface area contributed by atoms with Crippen LogP contribution in [-0.2, 0) is 0 Å². The summed E-state index contributed by atoms with van der Waals surface area (Å²) in [5.74, 6) is 0.861. The lowest BCUT2D eigenvalue weighted by atomic mass is 10.1. The summed E-state index contributed by atoms with van der Waals surface area (Å²) in [6, 6.07) is 3.74. The number of aliphatic hydroxyl groups is 1. The molecule has 13 heavy (non-hydrogen) atoms. The molecule has 72 valence electrons. The number of hydrogen-bond donors (Lipinski definition) is 1. The first-order chi connectivity index (χ1) is 6.16. The highest BCUT2D eigenvalue weighted by Crippen LogP contribution is 2.21. The van der Waals surface area contributed by atoms with Crippen LogP contribution in [0, 0.1) is 0 Å². The van der Waals surface area contributed by atoms with Gasteiger partial charge in [-0.2, -0.15) is 0 Å². The third kappa shape index (κ3) is 2.18. The highest BCUT2D eigenvalue weighted by molar-refractivity contribution is 5.46. The fourth-order valence-electron chi connectivity index (χ4n) is 1.20. The van der Waals surface area contributed by atoms with E-state index >= 15 is 0 Å². The van der Waals surface area contributed by atoms with Crippen LogP contribution in [0.1, 0.15) is 25.5 Å². The van der Waals surface area contributed by atoms with Crippen LogP contribution in [-0.4, -0.2) is 23.7 Å². The van der Waals surface area contributed by atoms with Crippen molar-refractivity contribution in [3.63, 3.8) is 0 Å². The molecule has 0 aliphatic carbocycles. The molecule has 0 radical (unpaired) electrons. The van der Waals surface area contributed by atoms with Gasteiger partial charge >= 0.3 is 0 Å². The summed E-state index contributed by atoms with van der Waals surface area (Å²) in [6.07, 6.45) is 1.28. The molecule has 1 rings (SSSR count). The molecule has 0 unspecified atom stereocenters. The second kappa shape index (κ2) is 4.23. The molecule has 0 fully saturated rings. The third-order valence-corrected chi connectivity index (χ3v) is 2.10. The van der Waals surface area contributed by atoms with E-state index in [0.717, 1.165) is 17.9 Å². The summed E-state index contributed by atoms with van der Waals surface area (Å²) in [4.78, 5) is 6.25. The molecule has 1 heterocycles. The van der Waals surface area contributed by atoms with E-state index in [4.69, 9.17) is 0 Å². The van der Waals surface area contributed by atoms with Crippen LogP contribution in [0.2, 0.25) is 0 Å². The van der Waals surface area contributed by atoms with Crippen molar-refractivity contribution in [2.75, 3.05) is 18.5 Å². The van der Waals surface area contributed by atoms with Gasteiger partial charge in [-0.05, 0) is 19.9 Å². The zero-order valence-corrected chi connectivity index (χ0v) is 8.36. The standard InChI is InChI=1S/C10H16N2O/c1-4-12(3)10-9(8(2)13)6-5-7-11-10/h5-8,13H,4H2,1-3H3/t8-/m0/s1. The largest absolute Gasteiger partial charge is 0.389 e. The average Bonchev–Trinajstić information content (AvgIpc) is 2.16. The Labute approximate surface area is 79.0 Å². The van der Waals surface area contributed by atoms with E-state index in [9.17, 15) is 5.11 Å². The van der Waals surface area contributed by atoms with Gasteiger partial charge in [-0.15, -0.1) is 0 Å². The normalized spacial score (nSPS) is 12.6. The monoisotopic (exact) mass is 180 g/mol. The van der Waals surface area contributed by atoms with Crippen LogP contribution in [0.4, 0.5) is 5.82 Å². The van der Waals surface area contributed by atoms with Crippen LogP contribution in [0.25, 0.3) is 0 Å². The van der Waals surface area contributed by atoms with Crippen molar-refractivity contribution >= 4 is 5.82 Å². The Hall–Kier alpha value is -1.09. The summed E-state index contributed by atoms with van der Waals surface area (Å²) in [7, 11) is 1.97. The molecule has 0 saturated carbocycles. The molecule has 1 aromatic rings. The Morgan fingerprint density at radius 2 is 2.31 bits per heavy atom. The van der Waals surface area contributed by atoms with E-state index in [-0.39, 0.29) is 0 Å². The molecule has 0 bridgehead atoms. The van der Waals surface area contributed by atoms with Crippen LogP contribution in [0.15, 0.2) is 18.3 Å². The molecule has 3 nitrogen and oxygen atoms in total. The Balaban J connectivity index is 3.04. The summed E-state index contributed by atoms with van der Waals surface area (Å²) in [5, 5.41) is 9.48. The van der Waals surface area contributed by atoms with E-state index in [1.165, 1.54) is 0 Å². The molecule has 3 heteroatoms. The third-order valence-electron chi connectivity index (χ3n) is 2.10. The topological polar surface area (TPSA) is 36.4 Å². The summed E-state index contributed by atoms with van der Waals surface area (Å²) >= 11 is 0. The van der Waals surface area contributed by atoms with Crippen molar-refractivity contribution in [2.45, 2.75) is 20.0 Å². The van der Waals surface area contributed by atoms with Crippen molar-refractivity contribution < 1.29 is 5.11 Å². The summed E-state index contributed by atoms with van der Waals surface area (Å²) in [5.41, 5.74) is 0.881. The van der Waals surface area contributed by atoms with Gasteiger partial charge in [0.25, 0.3) is 0 Å². The van der Waals surface area contributed by atoms with Crippen molar-refractivity contribution in [3.8, 4) is 0 Å². The van der Waals surface area contributed by atoms with Crippen molar-refractivity contribution in [2.24, 2.45) is 0 Å². The second-order valence-electron chi connectivity index (χ2n) is 3.11. The van der Waals surface area contributed by atoms with E-state index < -0.39 is 6.10 Å². The Kier molecular flexibility index (Phi) is 3.25. The molecular formula is C10H16N2O. The number of aromatic nitrogens is 1. The molecule has 1 N–H and O–H groups in total. The van der Waals surface area contributed by atoms with Gasteiger partial charge in [0.15, 0.2) is 0 Å². The number of nitrogens with zero attached hydrogens (tertiary/aromatic N) is 2. The predicted octanol–water partition coefficient (Wildman–Crippen LogP) is 1.59. The molecule has 0 saturated heterocycles. The maximum Gasteiger partial charge on any atom is 0.134 e. The van der Waals surface area contributed by atoms with Crippen molar-refractivity contribution in [3.05, 3.63) is 23.9 Å². The Morgan fingerprint density at radius 1 is 1.62 bits per heavy atom. The van der Waals surface area contributed by atoms with Crippen molar-refractivity contribution in [1.29, 1.82) is 0 Å². The average molecular weight is 180 g/mol.